The molecule has 0 saturated carbocycles. The van der Waals surface area contributed by atoms with Gasteiger partial charge in [-0.1, -0.05) is 17.7 Å². The van der Waals surface area contributed by atoms with Crippen molar-refractivity contribution < 1.29 is 9.53 Å². The van der Waals surface area contributed by atoms with Crippen LogP contribution in [0.25, 0.3) is 22.9 Å². The Morgan fingerprint density at radius 3 is 2.73 bits per heavy atom. The molecule has 6 heteroatoms. The van der Waals surface area contributed by atoms with Crippen LogP contribution in [0.5, 0.6) is 0 Å². The summed E-state index contributed by atoms with van der Waals surface area (Å²) in [5, 5.41) is 1.60. The van der Waals surface area contributed by atoms with Gasteiger partial charge in [-0.2, -0.15) is 0 Å². The number of carbonyl (C=O) groups excluding carboxylic acids is 1. The topological polar surface area (TPSA) is 57.0 Å². The summed E-state index contributed by atoms with van der Waals surface area (Å²) in [4.78, 5) is 21.1. The fourth-order valence-corrected chi connectivity index (χ4v) is 5.01. The SMILES string of the molecule is CC1(C)O[C@]2(C)C=CC(=O)C[C@@H]2/C1=C\c1cc2c(Cl)cccc2n1-c1ncccn1. The molecule has 152 valence electrons. The lowest BCUT2D eigenvalue weighted by Gasteiger charge is -2.30. The molecule has 1 fully saturated rings. The summed E-state index contributed by atoms with van der Waals surface area (Å²) in [6, 6.07) is 9.65. The van der Waals surface area contributed by atoms with E-state index in [0.717, 1.165) is 22.2 Å². The quantitative estimate of drug-likeness (QED) is 0.575. The molecule has 0 spiro atoms. The third kappa shape index (κ3) is 2.92. The Kier molecular flexibility index (Phi) is 4.24. The first-order chi connectivity index (χ1) is 14.3. The molecule has 0 radical (unpaired) electrons. The second kappa shape index (κ2) is 6.62. The first kappa shape index (κ1) is 19.2. The number of hydrogen-bond acceptors (Lipinski definition) is 4. The van der Waals surface area contributed by atoms with Crippen molar-refractivity contribution >= 4 is 34.4 Å². The number of benzene rings is 1. The van der Waals surface area contributed by atoms with Crippen molar-refractivity contribution in [3.05, 3.63) is 71.2 Å². The molecule has 1 aliphatic carbocycles. The highest BCUT2D eigenvalue weighted by atomic mass is 35.5. The Balaban J connectivity index is 1.76. The molecule has 30 heavy (non-hydrogen) atoms. The van der Waals surface area contributed by atoms with Gasteiger partial charge in [0.05, 0.1) is 16.7 Å². The van der Waals surface area contributed by atoms with Crippen LogP contribution in [0.15, 0.2) is 60.5 Å². The van der Waals surface area contributed by atoms with E-state index in [0.29, 0.717) is 17.4 Å². The molecule has 3 aromatic rings. The number of fused-ring (bicyclic) bond motifs is 2. The Morgan fingerprint density at radius 2 is 1.97 bits per heavy atom. The first-order valence-electron chi connectivity index (χ1n) is 10.0. The summed E-state index contributed by atoms with van der Waals surface area (Å²) in [5.74, 6) is 0.670. The number of rotatable bonds is 2. The largest absolute Gasteiger partial charge is 0.360 e. The molecule has 0 amide bonds. The Labute approximate surface area is 180 Å². The molecule has 0 N–H and O–H groups in total. The number of halogens is 1. The minimum absolute atomic E-state index is 0.0244. The summed E-state index contributed by atoms with van der Waals surface area (Å²) in [7, 11) is 0. The number of hydrogen-bond donors (Lipinski definition) is 0. The van der Waals surface area contributed by atoms with Crippen LogP contribution in [0.2, 0.25) is 5.02 Å². The van der Waals surface area contributed by atoms with E-state index in [2.05, 4.69) is 36.8 Å². The molecule has 0 unspecified atom stereocenters. The normalized spacial score (nSPS) is 26.5. The van der Waals surface area contributed by atoms with E-state index in [-0.39, 0.29) is 11.7 Å². The van der Waals surface area contributed by atoms with Crippen molar-refractivity contribution in [2.75, 3.05) is 0 Å². The maximum Gasteiger partial charge on any atom is 0.234 e. The van der Waals surface area contributed by atoms with Crippen molar-refractivity contribution in [3.63, 3.8) is 0 Å². The van der Waals surface area contributed by atoms with Gasteiger partial charge in [-0.25, -0.2) is 9.97 Å². The van der Waals surface area contributed by atoms with Gasteiger partial charge in [0, 0.05) is 40.8 Å². The molecule has 1 aliphatic heterocycles. The van der Waals surface area contributed by atoms with Crippen LogP contribution in [0.1, 0.15) is 32.9 Å². The minimum atomic E-state index is -0.517. The van der Waals surface area contributed by atoms with Crippen LogP contribution >= 0.6 is 11.6 Å². The van der Waals surface area contributed by atoms with Gasteiger partial charge in [0.1, 0.15) is 0 Å². The third-order valence-corrected chi connectivity index (χ3v) is 6.45. The van der Waals surface area contributed by atoms with Crippen molar-refractivity contribution in [2.24, 2.45) is 5.92 Å². The Hall–Kier alpha value is -2.76. The zero-order chi connectivity index (χ0) is 21.1. The lowest BCUT2D eigenvalue weighted by atomic mass is 9.75. The van der Waals surface area contributed by atoms with Gasteiger partial charge in [0.25, 0.3) is 0 Å². The second-order valence-corrected chi connectivity index (χ2v) is 8.99. The zero-order valence-corrected chi connectivity index (χ0v) is 17.8. The highest BCUT2D eigenvalue weighted by Crippen LogP contribution is 2.51. The number of carbonyl (C=O) groups is 1. The van der Waals surface area contributed by atoms with E-state index in [4.69, 9.17) is 16.3 Å². The molecule has 0 bridgehead atoms. The smallest absolute Gasteiger partial charge is 0.234 e. The minimum Gasteiger partial charge on any atom is -0.360 e. The fourth-order valence-electron chi connectivity index (χ4n) is 4.78. The summed E-state index contributed by atoms with van der Waals surface area (Å²) < 4.78 is 8.44. The van der Waals surface area contributed by atoms with Crippen molar-refractivity contribution in [1.82, 2.24) is 14.5 Å². The maximum atomic E-state index is 12.2. The molecular weight excluding hydrogens is 398 g/mol. The zero-order valence-electron chi connectivity index (χ0n) is 17.1. The standard InChI is InChI=1S/C24H22ClN3O2/c1-23(2)18(19-14-16(29)8-9-24(19,3)30-23)13-15-12-17-20(25)6-4-7-21(17)28(15)22-26-10-5-11-27-22/h4-13,19H,14H2,1-3H3/b18-13+/t19-,24-/m1/s1. The number of nitrogens with zero attached hydrogens (tertiary/aromatic N) is 3. The maximum absolute atomic E-state index is 12.2. The van der Waals surface area contributed by atoms with E-state index in [1.165, 1.54) is 0 Å². The molecule has 2 atom stereocenters. The third-order valence-electron chi connectivity index (χ3n) is 6.12. The fraction of sp³-hybridized carbons (Fsp3) is 0.292. The summed E-state index contributed by atoms with van der Waals surface area (Å²) >= 11 is 6.50. The number of ketones is 1. The van der Waals surface area contributed by atoms with Gasteiger partial charge in [0.15, 0.2) is 5.78 Å². The summed E-state index contributed by atoms with van der Waals surface area (Å²) in [6.07, 6.45) is 9.54. The molecule has 1 aromatic carbocycles. The Bertz CT molecular complexity index is 1230. The van der Waals surface area contributed by atoms with Gasteiger partial charge in [-0.15, -0.1) is 0 Å². The van der Waals surface area contributed by atoms with Gasteiger partial charge in [-0.3, -0.25) is 9.36 Å². The van der Waals surface area contributed by atoms with Crippen LogP contribution < -0.4 is 0 Å². The second-order valence-electron chi connectivity index (χ2n) is 8.58. The monoisotopic (exact) mass is 419 g/mol. The molecule has 1 saturated heterocycles. The van der Waals surface area contributed by atoms with Gasteiger partial charge >= 0.3 is 0 Å². The number of aromatic nitrogens is 3. The van der Waals surface area contributed by atoms with Crippen LogP contribution in [-0.4, -0.2) is 31.5 Å². The van der Waals surface area contributed by atoms with E-state index >= 15 is 0 Å². The molecule has 2 aromatic heterocycles. The van der Waals surface area contributed by atoms with Crippen molar-refractivity contribution in [2.45, 2.75) is 38.4 Å². The van der Waals surface area contributed by atoms with Gasteiger partial charge < -0.3 is 4.74 Å². The number of allylic oxidation sites excluding steroid dienone is 1. The molecule has 5 nitrogen and oxygen atoms in total. The van der Waals surface area contributed by atoms with Crippen LogP contribution in [0, 0.1) is 5.92 Å². The van der Waals surface area contributed by atoms with Crippen LogP contribution in [0.3, 0.4) is 0 Å². The average Bonchev–Trinajstić information content (AvgIpc) is 3.16. The molecule has 5 rings (SSSR count). The lowest BCUT2D eigenvalue weighted by molar-refractivity contribution is -0.118. The lowest BCUT2D eigenvalue weighted by Crippen LogP contribution is -2.34. The van der Waals surface area contributed by atoms with E-state index < -0.39 is 11.2 Å². The van der Waals surface area contributed by atoms with E-state index in [1.807, 2.05) is 34.9 Å². The summed E-state index contributed by atoms with van der Waals surface area (Å²) in [5.41, 5.74) is 1.90. The highest BCUT2D eigenvalue weighted by molar-refractivity contribution is 6.35. The van der Waals surface area contributed by atoms with Crippen LogP contribution in [0.4, 0.5) is 0 Å². The molecule has 3 heterocycles. The van der Waals surface area contributed by atoms with Crippen molar-refractivity contribution in [1.29, 1.82) is 0 Å². The summed E-state index contributed by atoms with van der Waals surface area (Å²) in [6.45, 7) is 6.16. The molecular formula is C24H22ClN3O2. The molecule has 2 aliphatic rings. The van der Waals surface area contributed by atoms with Crippen molar-refractivity contribution in [3.8, 4) is 5.95 Å². The number of ether oxygens (including phenoxy) is 1. The van der Waals surface area contributed by atoms with E-state index in [1.54, 1.807) is 24.5 Å². The predicted molar refractivity (Wildman–Crippen MR) is 118 cm³/mol. The van der Waals surface area contributed by atoms with Gasteiger partial charge in [-0.05, 0) is 68.8 Å². The predicted octanol–water partition coefficient (Wildman–Crippen LogP) is 5.17. The first-order valence-corrected chi connectivity index (χ1v) is 10.4. The highest BCUT2D eigenvalue weighted by Gasteiger charge is 2.53. The average molecular weight is 420 g/mol. The Morgan fingerprint density at radius 1 is 1.20 bits per heavy atom. The van der Waals surface area contributed by atoms with E-state index in [9.17, 15) is 4.79 Å². The van der Waals surface area contributed by atoms with Gasteiger partial charge in [0.2, 0.25) is 5.95 Å². The van der Waals surface area contributed by atoms with Crippen LogP contribution in [-0.2, 0) is 9.53 Å².